The number of ether oxygens (including phenoxy) is 1. The molecule has 0 radical (unpaired) electrons. The second-order valence-corrected chi connectivity index (χ2v) is 6.14. The zero-order chi connectivity index (χ0) is 13.3. The van der Waals surface area contributed by atoms with E-state index in [1.54, 1.807) is 0 Å². The van der Waals surface area contributed by atoms with Gasteiger partial charge in [0.2, 0.25) is 0 Å². The van der Waals surface area contributed by atoms with Gasteiger partial charge in [-0.1, -0.05) is 35.7 Å². The number of hydrogen-bond acceptors (Lipinski definition) is 1. The first-order valence-corrected chi connectivity index (χ1v) is 7.06. The quantitative estimate of drug-likeness (QED) is 0.713. The first-order valence-electron chi connectivity index (χ1n) is 6.15. The maximum absolute atomic E-state index is 14.0. The lowest BCUT2D eigenvalue weighted by atomic mass is 9.81. The van der Waals surface area contributed by atoms with Crippen LogP contribution in [-0.4, -0.2) is 7.11 Å². The number of hydrogen-bond donors (Lipinski definition) is 0. The fourth-order valence-electron chi connectivity index (χ4n) is 2.71. The lowest BCUT2D eigenvalue weighted by molar-refractivity contribution is 0.318. The normalized spacial score (nSPS) is 19.8. The molecule has 4 heteroatoms. The lowest BCUT2D eigenvalue weighted by Gasteiger charge is -2.30. The van der Waals surface area contributed by atoms with Crippen molar-refractivity contribution in [2.24, 2.45) is 5.41 Å². The number of alkyl halides is 1. The monoisotopic (exact) mass is 318 g/mol. The molecule has 1 fully saturated rings. The maximum atomic E-state index is 14.0. The molecule has 1 nitrogen and oxygen atoms in total. The molecule has 1 aromatic rings. The summed E-state index contributed by atoms with van der Waals surface area (Å²) in [7, 11) is 1.40. The van der Waals surface area contributed by atoms with Crippen molar-refractivity contribution >= 4 is 15.9 Å². The molecule has 2 rings (SSSR count). The van der Waals surface area contributed by atoms with Gasteiger partial charge in [0.25, 0.3) is 0 Å². The van der Waals surface area contributed by atoms with Gasteiger partial charge in [-0.3, -0.25) is 0 Å². The molecule has 18 heavy (non-hydrogen) atoms. The van der Waals surface area contributed by atoms with Gasteiger partial charge in [0.15, 0.2) is 0 Å². The van der Waals surface area contributed by atoms with Crippen LogP contribution in [0.1, 0.15) is 43.0 Å². The van der Waals surface area contributed by atoms with E-state index in [0.29, 0.717) is 0 Å². The molecule has 1 atom stereocenters. The van der Waals surface area contributed by atoms with E-state index in [2.05, 4.69) is 22.9 Å². The van der Waals surface area contributed by atoms with Crippen molar-refractivity contribution in [1.82, 2.24) is 0 Å². The third-order valence-corrected chi connectivity index (χ3v) is 5.46. The van der Waals surface area contributed by atoms with Gasteiger partial charge < -0.3 is 4.74 Å². The molecular formula is C14H17BrF2O. The smallest absolute Gasteiger partial charge is 0.134 e. The van der Waals surface area contributed by atoms with E-state index in [1.165, 1.54) is 19.2 Å². The summed E-state index contributed by atoms with van der Waals surface area (Å²) in [6.07, 6.45) is 4.23. The van der Waals surface area contributed by atoms with E-state index < -0.39 is 11.6 Å². The molecule has 0 aromatic heterocycles. The molecule has 0 amide bonds. The van der Waals surface area contributed by atoms with E-state index in [-0.39, 0.29) is 21.6 Å². The summed E-state index contributed by atoms with van der Waals surface area (Å²) in [4.78, 5) is -0.293. The van der Waals surface area contributed by atoms with Crippen molar-refractivity contribution in [2.45, 2.75) is 37.4 Å². The highest BCUT2D eigenvalue weighted by molar-refractivity contribution is 9.09. The van der Waals surface area contributed by atoms with Crippen LogP contribution in [0.15, 0.2) is 12.1 Å². The molecule has 1 saturated carbocycles. The minimum Gasteiger partial charge on any atom is -0.497 e. The minimum atomic E-state index is -0.540. The fraction of sp³-hybridized carbons (Fsp3) is 0.571. The summed E-state index contributed by atoms with van der Waals surface area (Å²) in [5.41, 5.74) is 0.0520. The van der Waals surface area contributed by atoms with E-state index in [9.17, 15) is 8.78 Å². The molecule has 0 saturated heterocycles. The Bertz CT molecular complexity index is 418. The van der Waals surface area contributed by atoms with Crippen LogP contribution >= 0.6 is 15.9 Å². The summed E-state index contributed by atoms with van der Waals surface area (Å²) in [6.45, 7) is 2.09. The average molecular weight is 319 g/mol. The molecule has 0 heterocycles. The van der Waals surface area contributed by atoms with E-state index >= 15 is 0 Å². The van der Waals surface area contributed by atoms with E-state index in [1.807, 2.05) is 0 Å². The van der Waals surface area contributed by atoms with Crippen LogP contribution in [0.3, 0.4) is 0 Å². The third-order valence-electron chi connectivity index (χ3n) is 3.90. The predicted octanol–water partition coefficient (Wildman–Crippen LogP) is 4.99. The summed E-state index contributed by atoms with van der Waals surface area (Å²) in [6, 6.07) is 2.48. The molecule has 1 aromatic carbocycles. The van der Waals surface area contributed by atoms with Crippen LogP contribution in [0, 0.1) is 17.0 Å². The van der Waals surface area contributed by atoms with E-state index in [4.69, 9.17) is 4.74 Å². The van der Waals surface area contributed by atoms with Crippen LogP contribution < -0.4 is 4.74 Å². The SMILES string of the molecule is COc1cc(F)c(C(Br)C2(C)CCCC2)c(F)c1. The first-order chi connectivity index (χ1) is 8.48. The van der Waals surface area contributed by atoms with Crippen LogP contribution in [0.4, 0.5) is 8.78 Å². The van der Waals surface area contributed by atoms with Crippen LogP contribution in [0.25, 0.3) is 0 Å². The number of benzene rings is 1. The Morgan fingerprint density at radius 1 is 1.22 bits per heavy atom. The van der Waals surface area contributed by atoms with Crippen LogP contribution in [0.5, 0.6) is 5.75 Å². The van der Waals surface area contributed by atoms with Gasteiger partial charge >= 0.3 is 0 Å². The standard InChI is InChI=1S/C14H17BrF2O/c1-14(5-3-4-6-14)13(15)12-10(16)7-9(18-2)8-11(12)17/h7-8,13H,3-6H2,1-2H3. The van der Waals surface area contributed by atoms with Crippen molar-refractivity contribution in [1.29, 1.82) is 0 Å². The fourth-order valence-corrected chi connectivity index (χ4v) is 3.60. The Balaban J connectivity index is 2.38. The Morgan fingerprint density at radius 2 is 1.72 bits per heavy atom. The summed E-state index contributed by atoms with van der Waals surface area (Å²) in [5, 5.41) is 0. The summed E-state index contributed by atoms with van der Waals surface area (Å²) < 4.78 is 32.9. The molecule has 1 unspecified atom stereocenters. The van der Waals surface area contributed by atoms with Crippen molar-refractivity contribution in [3.05, 3.63) is 29.3 Å². The molecule has 0 N–H and O–H groups in total. The third kappa shape index (κ3) is 2.40. The Hall–Kier alpha value is -0.640. The summed E-state index contributed by atoms with van der Waals surface area (Å²) >= 11 is 3.50. The van der Waals surface area contributed by atoms with Gasteiger partial charge in [0, 0.05) is 17.7 Å². The zero-order valence-electron chi connectivity index (χ0n) is 10.6. The van der Waals surface area contributed by atoms with Gasteiger partial charge in [-0.2, -0.15) is 0 Å². The molecule has 100 valence electrons. The van der Waals surface area contributed by atoms with Crippen molar-refractivity contribution in [3.8, 4) is 5.75 Å². The molecule has 0 spiro atoms. The topological polar surface area (TPSA) is 9.23 Å². The van der Waals surface area contributed by atoms with Gasteiger partial charge in [-0.15, -0.1) is 0 Å². The van der Waals surface area contributed by atoms with Crippen molar-refractivity contribution in [2.75, 3.05) is 7.11 Å². The summed E-state index contributed by atoms with van der Waals surface area (Å²) in [5.74, 6) is -0.867. The Labute approximate surface area is 115 Å². The largest absolute Gasteiger partial charge is 0.497 e. The van der Waals surface area contributed by atoms with Gasteiger partial charge in [0.05, 0.1) is 11.9 Å². The predicted molar refractivity (Wildman–Crippen MR) is 71.2 cm³/mol. The van der Waals surface area contributed by atoms with Crippen molar-refractivity contribution < 1.29 is 13.5 Å². The van der Waals surface area contributed by atoms with Gasteiger partial charge in [-0.25, -0.2) is 8.78 Å². The van der Waals surface area contributed by atoms with Crippen LogP contribution in [0.2, 0.25) is 0 Å². The van der Waals surface area contributed by atoms with Gasteiger partial charge in [0.1, 0.15) is 17.4 Å². The number of rotatable bonds is 3. The molecular weight excluding hydrogens is 302 g/mol. The highest BCUT2D eigenvalue weighted by Crippen LogP contribution is 2.52. The lowest BCUT2D eigenvalue weighted by Crippen LogP contribution is -2.19. The Kier molecular flexibility index (Phi) is 3.95. The highest BCUT2D eigenvalue weighted by atomic mass is 79.9. The number of methoxy groups -OCH3 is 1. The maximum Gasteiger partial charge on any atom is 0.134 e. The molecule has 1 aliphatic rings. The zero-order valence-corrected chi connectivity index (χ0v) is 12.2. The van der Waals surface area contributed by atoms with Crippen LogP contribution in [-0.2, 0) is 0 Å². The minimum absolute atomic E-state index is 0.0731. The second kappa shape index (κ2) is 5.16. The average Bonchev–Trinajstić information content (AvgIpc) is 2.76. The Morgan fingerprint density at radius 3 is 2.17 bits per heavy atom. The second-order valence-electron chi connectivity index (χ2n) is 5.23. The first kappa shape index (κ1) is 13.8. The van der Waals surface area contributed by atoms with Gasteiger partial charge in [-0.05, 0) is 18.3 Å². The number of halogens is 3. The molecule has 1 aliphatic carbocycles. The van der Waals surface area contributed by atoms with E-state index in [0.717, 1.165) is 25.7 Å². The molecule has 0 bridgehead atoms. The molecule has 0 aliphatic heterocycles. The van der Waals surface area contributed by atoms with Crippen molar-refractivity contribution in [3.63, 3.8) is 0 Å². The highest BCUT2D eigenvalue weighted by Gasteiger charge is 2.39.